The van der Waals surface area contributed by atoms with Crippen molar-refractivity contribution in [3.63, 3.8) is 0 Å². The van der Waals surface area contributed by atoms with Gasteiger partial charge in [0.25, 0.3) is 0 Å². The molecule has 0 spiro atoms. The molecule has 0 amide bonds. The van der Waals surface area contributed by atoms with E-state index in [-0.39, 0.29) is 5.69 Å². The van der Waals surface area contributed by atoms with E-state index in [0.717, 1.165) is 10.0 Å². The quantitative estimate of drug-likeness (QED) is 0.506. The zero-order valence-electron chi connectivity index (χ0n) is 11.7. The topological polar surface area (TPSA) is 52.3 Å². The Hall–Kier alpha value is -2.40. The van der Waals surface area contributed by atoms with E-state index in [9.17, 15) is 4.79 Å². The Morgan fingerprint density at radius 2 is 1.77 bits per heavy atom. The van der Waals surface area contributed by atoms with Crippen molar-refractivity contribution in [2.75, 3.05) is 0 Å². The lowest BCUT2D eigenvalue weighted by molar-refractivity contribution is 0.0727. The summed E-state index contributed by atoms with van der Waals surface area (Å²) in [5.41, 5.74) is 0.995. The lowest BCUT2D eigenvalue weighted by Gasteiger charge is -2.02. The first kappa shape index (κ1) is 14.5. The zero-order chi connectivity index (χ0) is 15.5. The van der Waals surface area contributed by atoms with Crippen LogP contribution in [0.15, 0.2) is 63.5 Å². The van der Waals surface area contributed by atoms with E-state index < -0.39 is 5.97 Å². The van der Waals surface area contributed by atoms with Gasteiger partial charge in [-0.05, 0) is 43.3 Å². The van der Waals surface area contributed by atoms with Crippen LogP contribution in [0.4, 0.5) is 0 Å². The van der Waals surface area contributed by atoms with E-state index >= 15 is 0 Å². The third-order valence-electron chi connectivity index (χ3n) is 3.03. The lowest BCUT2D eigenvalue weighted by atomic mass is 10.2. The summed E-state index contributed by atoms with van der Waals surface area (Å²) in [4.78, 5) is 16.5. The number of oxazole rings is 1. The molecule has 0 unspecified atom stereocenters. The highest BCUT2D eigenvalue weighted by molar-refractivity contribution is 9.10. The molecule has 1 aromatic heterocycles. The van der Waals surface area contributed by atoms with Crippen molar-refractivity contribution in [1.82, 2.24) is 4.98 Å². The molecule has 1 heterocycles. The number of hydrogen-bond donors (Lipinski definition) is 0. The molecule has 2 aromatic carbocycles. The molecule has 0 atom stereocenters. The van der Waals surface area contributed by atoms with Crippen molar-refractivity contribution in [3.8, 4) is 17.2 Å². The van der Waals surface area contributed by atoms with Gasteiger partial charge in [0, 0.05) is 10.0 Å². The molecule has 3 rings (SSSR count). The van der Waals surface area contributed by atoms with Crippen LogP contribution >= 0.6 is 15.9 Å². The second-order valence-corrected chi connectivity index (χ2v) is 5.55. The third-order valence-corrected chi connectivity index (χ3v) is 3.56. The van der Waals surface area contributed by atoms with Gasteiger partial charge in [0.15, 0.2) is 5.69 Å². The molecule has 0 N–H and O–H groups in total. The summed E-state index contributed by atoms with van der Waals surface area (Å²) in [5.74, 6) is 0.754. The fraction of sp³-hybridized carbons (Fsp3) is 0.0588. The Bertz CT molecular complexity index is 795. The maximum absolute atomic E-state index is 12.2. The number of halogens is 1. The average molecular weight is 358 g/mol. The number of esters is 1. The smallest absolute Gasteiger partial charge is 0.366 e. The highest BCUT2D eigenvalue weighted by Gasteiger charge is 2.20. The number of benzene rings is 2. The van der Waals surface area contributed by atoms with E-state index in [1.807, 2.05) is 30.3 Å². The molecule has 5 heteroatoms. The summed E-state index contributed by atoms with van der Waals surface area (Å²) < 4.78 is 11.8. The second-order valence-electron chi connectivity index (χ2n) is 4.63. The van der Waals surface area contributed by atoms with E-state index in [4.69, 9.17) is 9.15 Å². The number of hydrogen-bond acceptors (Lipinski definition) is 4. The fourth-order valence-electron chi connectivity index (χ4n) is 1.95. The molecule has 0 bridgehead atoms. The molecule has 3 aromatic rings. The standard InChI is InChI=1S/C17H12BrNO3/c1-11-15(17(20)22-14-9-7-13(18)8-10-14)19-16(21-11)12-5-3-2-4-6-12/h2-10H,1H3. The summed E-state index contributed by atoms with van der Waals surface area (Å²) in [7, 11) is 0. The number of carbonyl (C=O) groups is 1. The van der Waals surface area contributed by atoms with Gasteiger partial charge in [-0.2, -0.15) is 0 Å². The summed E-state index contributed by atoms with van der Waals surface area (Å²) in [6.45, 7) is 1.69. The Kier molecular flexibility index (Phi) is 4.06. The summed E-state index contributed by atoms with van der Waals surface area (Å²) in [5, 5.41) is 0. The van der Waals surface area contributed by atoms with Gasteiger partial charge in [-0.15, -0.1) is 0 Å². The maximum atomic E-state index is 12.2. The minimum absolute atomic E-state index is 0.182. The largest absolute Gasteiger partial charge is 0.441 e. The minimum atomic E-state index is -0.536. The molecule has 0 saturated heterocycles. The SMILES string of the molecule is Cc1oc(-c2ccccc2)nc1C(=O)Oc1ccc(Br)cc1. The van der Waals surface area contributed by atoms with Gasteiger partial charge in [0.2, 0.25) is 5.89 Å². The summed E-state index contributed by atoms with van der Waals surface area (Å²) in [6.07, 6.45) is 0. The van der Waals surface area contributed by atoms with Crippen molar-refractivity contribution in [1.29, 1.82) is 0 Å². The number of ether oxygens (including phenoxy) is 1. The van der Waals surface area contributed by atoms with Crippen molar-refractivity contribution >= 4 is 21.9 Å². The van der Waals surface area contributed by atoms with Gasteiger partial charge < -0.3 is 9.15 Å². The predicted molar refractivity (Wildman–Crippen MR) is 85.8 cm³/mol. The van der Waals surface area contributed by atoms with Gasteiger partial charge in [-0.1, -0.05) is 34.1 Å². The molecule has 4 nitrogen and oxygen atoms in total. The number of aromatic nitrogens is 1. The second kappa shape index (κ2) is 6.15. The molecular weight excluding hydrogens is 346 g/mol. The third kappa shape index (κ3) is 3.09. The molecule has 0 fully saturated rings. The van der Waals surface area contributed by atoms with E-state index in [2.05, 4.69) is 20.9 Å². The van der Waals surface area contributed by atoms with Crippen LogP contribution in [0.3, 0.4) is 0 Å². The first-order valence-electron chi connectivity index (χ1n) is 6.64. The van der Waals surface area contributed by atoms with Crippen LogP contribution in [0, 0.1) is 6.92 Å². The van der Waals surface area contributed by atoms with Crippen LogP contribution in [0.25, 0.3) is 11.5 Å². The predicted octanol–water partition coefficient (Wildman–Crippen LogP) is 4.63. The Morgan fingerprint density at radius 3 is 2.45 bits per heavy atom. The van der Waals surface area contributed by atoms with Crippen LogP contribution in [-0.4, -0.2) is 11.0 Å². The molecule has 0 radical (unpaired) electrons. The molecule has 0 aliphatic heterocycles. The van der Waals surface area contributed by atoms with Crippen LogP contribution < -0.4 is 4.74 Å². The molecule has 22 heavy (non-hydrogen) atoms. The van der Waals surface area contributed by atoms with E-state index in [0.29, 0.717) is 17.4 Å². The Morgan fingerprint density at radius 1 is 1.09 bits per heavy atom. The number of carbonyl (C=O) groups excluding carboxylic acids is 1. The maximum Gasteiger partial charge on any atom is 0.366 e. The van der Waals surface area contributed by atoms with Crippen molar-refractivity contribution in [2.24, 2.45) is 0 Å². The van der Waals surface area contributed by atoms with Gasteiger partial charge in [0.1, 0.15) is 11.5 Å². The van der Waals surface area contributed by atoms with Crippen molar-refractivity contribution in [3.05, 3.63) is 70.5 Å². The molecule has 0 aliphatic rings. The lowest BCUT2D eigenvalue weighted by Crippen LogP contribution is -2.10. The van der Waals surface area contributed by atoms with E-state index in [1.165, 1.54) is 0 Å². The Balaban J connectivity index is 1.84. The summed E-state index contributed by atoms with van der Waals surface area (Å²) in [6, 6.07) is 16.4. The molecule has 110 valence electrons. The highest BCUT2D eigenvalue weighted by atomic mass is 79.9. The first-order valence-corrected chi connectivity index (χ1v) is 7.43. The van der Waals surface area contributed by atoms with Crippen LogP contribution in [0.5, 0.6) is 5.75 Å². The minimum Gasteiger partial charge on any atom is -0.441 e. The number of nitrogens with zero attached hydrogens (tertiary/aromatic N) is 1. The molecular formula is C17H12BrNO3. The average Bonchev–Trinajstić information content (AvgIpc) is 2.92. The van der Waals surface area contributed by atoms with Crippen LogP contribution in [-0.2, 0) is 0 Å². The van der Waals surface area contributed by atoms with Crippen molar-refractivity contribution < 1.29 is 13.9 Å². The van der Waals surface area contributed by atoms with Crippen LogP contribution in [0.2, 0.25) is 0 Å². The fourth-order valence-corrected chi connectivity index (χ4v) is 2.21. The number of aryl methyl sites for hydroxylation is 1. The first-order chi connectivity index (χ1) is 10.6. The zero-order valence-corrected chi connectivity index (χ0v) is 13.3. The highest BCUT2D eigenvalue weighted by Crippen LogP contribution is 2.23. The number of rotatable bonds is 3. The van der Waals surface area contributed by atoms with Gasteiger partial charge in [-0.25, -0.2) is 9.78 Å². The van der Waals surface area contributed by atoms with E-state index in [1.54, 1.807) is 31.2 Å². The summed E-state index contributed by atoms with van der Waals surface area (Å²) >= 11 is 3.33. The monoisotopic (exact) mass is 357 g/mol. The molecule has 0 saturated carbocycles. The Labute approximate surface area is 135 Å². The van der Waals surface area contributed by atoms with Gasteiger partial charge >= 0.3 is 5.97 Å². The van der Waals surface area contributed by atoms with Gasteiger partial charge in [-0.3, -0.25) is 0 Å². The van der Waals surface area contributed by atoms with Crippen LogP contribution in [0.1, 0.15) is 16.2 Å². The normalized spacial score (nSPS) is 10.5. The molecule has 0 aliphatic carbocycles. The van der Waals surface area contributed by atoms with Gasteiger partial charge in [0.05, 0.1) is 0 Å². The van der Waals surface area contributed by atoms with Crippen molar-refractivity contribution in [2.45, 2.75) is 6.92 Å².